The summed E-state index contributed by atoms with van der Waals surface area (Å²) in [6, 6.07) is 9.79. The minimum atomic E-state index is -0.497. The van der Waals surface area contributed by atoms with Gasteiger partial charge >= 0.3 is 0 Å². The van der Waals surface area contributed by atoms with E-state index < -0.39 is 11.6 Å². The van der Waals surface area contributed by atoms with Crippen molar-refractivity contribution >= 4 is 38.5 Å². The van der Waals surface area contributed by atoms with Crippen molar-refractivity contribution in [3.8, 4) is 0 Å². The second kappa shape index (κ2) is 7.65. The Labute approximate surface area is 145 Å². The maximum atomic E-state index is 13.9. The monoisotopic (exact) mass is 465 g/mol. The van der Waals surface area contributed by atoms with Gasteiger partial charge in [-0.1, -0.05) is 28.9 Å². The van der Waals surface area contributed by atoms with E-state index in [1.165, 1.54) is 18.2 Å². The Morgan fingerprint density at radius 2 is 1.86 bits per heavy atom. The normalized spacial score (nSPS) is 12.4. The van der Waals surface area contributed by atoms with Crippen LogP contribution in [0.2, 0.25) is 0 Å². The largest absolute Gasteiger partial charge is 0.310 e. The lowest BCUT2D eigenvalue weighted by Crippen LogP contribution is -2.24. The molecule has 0 amide bonds. The molecule has 112 valence electrons. The van der Waals surface area contributed by atoms with Crippen molar-refractivity contribution in [1.82, 2.24) is 5.32 Å². The highest BCUT2D eigenvalue weighted by molar-refractivity contribution is 14.1. The van der Waals surface area contributed by atoms with E-state index in [9.17, 15) is 8.78 Å². The number of likely N-dealkylation sites (N-methyl/N-ethyl adjacent to an activating group) is 1. The van der Waals surface area contributed by atoms with E-state index in [-0.39, 0.29) is 18.0 Å². The fourth-order valence-corrected chi connectivity index (χ4v) is 3.34. The van der Waals surface area contributed by atoms with E-state index in [1.807, 2.05) is 25.1 Å². The van der Waals surface area contributed by atoms with Crippen LogP contribution in [0.25, 0.3) is 0 Å². The molecule has 0 aliphatic carbocycles. The summed E-state index contributed by atoms with van der Waals surface area (Å²) in [5, 5.41) is 3.31. The first-order chi connectivity index (χ1) is 10.0. The molecule has 2 rings (SSSR count). The third-order valence-electron chi connectivity index (χ3n) is 3.25. The van der Waals surface area contributed by atoms with Gasteiger partial charge in [0.15, 0.2) is 0 Å². The van der Waals surface area contributed by atoms with Crippen LogP contribution in [0, 0.1) is 15.2 Å². The maximum absolute atomic E-state index is 13.9. The van der Waals surface area contributed by atoms with Gasteiger partial charge in [-0.25, -0.2) is 8.78 Å². The second-order valence-electron chi connectivity index (χ2n) is 4.68. The molecule has 0 saturated carbocycles. The third-order valence-corrected chi connectivity index (χ3v) is 4.73. The Bertz CT molecular complexity index is 613. The van der Waals surface area contributed by atoms with Crippen molar-refractivity contribution in [2.75, 3.05) is 6.54 Å². The molecule has 1 N–H and O–H groups in total. The van der Waals surface area contributed by atoms with E-state index in [2.05, 4.69) is 43.8 Å². The molecule has 0 heterocycles. The molecule has 0 saturated heterocycles. The first-order valence-electron chi connectivity index (χ1n) is 6.64. The third kappa shape index (κ3) is 4.23. The maximum Gasteiger partial charge on any atom is 0.129 e. The van der Waals surface area contributed by atoms with Gasteiger partial charge in [-0.15, -0.1) is 0 Å². The Morgan fingerprint density at radius 3 is 2.48 bits per heavy atom. The molecule has 0 aliphatic heterocycles. The fourth-order valence-electron chi connectivity index (χ4n) is 2.25. The molecule has 0 aliphatic rings. The summed E-state index contributed by atoms with van der Waals surface area (Å²) < 4.78 is 29.8. The minimum Gasteiger partial charge on any atom is -0.310 e. The molecule has 0 bridgehead atoms. The topological polar surface area (TPSA) is 12.0 Å². The lowest BCUT2D eigenvalue weighted by atomic mass is 9.98. The first kappa shape index (κ1) is 16.8. The summed E-state index contributed by atoms with van der Waals surface area (Å²) in [5.41, 5.74) is 1.16. The van der Waals surface area contributed by atoms with E-state index in [0.29, 0.717) is 0 Å². The average molecular weight is 466 g/mol. The summed E-state index contributed by atoms with van der Waals surface area (Å²) in [4.78, 5) is 0. The molecular formula is C16H15BrF2IN. The number of nitrogens with one attached hydrogen (secondary N) is 1. The molecule has 2 aromatic rings. The second-order valence-corrected chi connectivity index (χ2v) is 6.76. The van der Waals surface area contributed by atoms with Crippen LogP contribution < -0.4 is 5.32 Å². The SMILES string of the molecule is CCNC(Cc1c(F)cccc1F)c1cc(Br)ccc1I. The summed E-state index contributed by atoms with van der Waals surface area (Å²) in [6.07, 6.45) is 0.277. The smallest absolute Gasteiger partial charge is 0.129 e. The molecule has 0 aromatic heterocycles. The van der Waals surface area contributed by atoms with Crippen LogP contribution in [-0.4, -0.2) is 6.54 Å². The van der Waals surface area contributed by atoms with Crippen LogP contribution >= 0.6 is 38.5 Å². The number of halogens is 4. The Kier molecular flexibility index (Phi) is 6.13. The highest BCUT2D eigenvalue weighted by atomic mass is 127. The highest BCUT2D eigenvalue weighted by Crippen LogP contribution is 2.28. The van der Waals surface area contributed by atoms with Gasteiger partial charge in [0.05, 0.1) is 0 Å². The van der Waals surface area contributed by atoms with Gasteiger partial charge in [-0.2, -0.15) is 0 Å². The molecule has 1 atom stereocenters. The van der Waals surface area contributed by atoms with E-state index in [1.54, 1.807) is 0 Å². The predicted octanol–water partition coefficient (Wildman–Crippen LogP) is 5.23. The van der Waals surface area contributed by atoms with Crippen molar-refractivity contribution in [2.24, 2.45) is 0 Å². The van der Waals surface area contributed by atoms with E-state index in [0.717, 1.165) is 20.2 Å². The average Bonchev–Trinajstić information content (AvgIpc) is 2.44. The number of rotatable bonds is 5. The first-order valence-corrected chi connectivity index (χ1v) is 8.51. The lowest BCUT2D eigenvalue weighted by Gasteiger charge is -2.21. The summed E-state index contributed by atoms with van der Waals surface area (Å²) in [6.45, 7) is 2.71. The van der Waals surface area contributed by atoms with E-state index in [4.69, 9.17) is 0 Å². The molecule has 2 aromatic carbocycles. The van der Waals surface area contributed by atoms with Crippen LogP contribution in [0.4, 0.5) is 8.78 Å². The zero-order valence-corrected chi connectivity index (χ0v) is 15.2. The molecule has 5 heteroatoms. The van der Waals surface area contributed by atoms with Gasteiger partial charge in [0.2, 0.25) is 0 Å². The van der Waals surface area contributed by atoms with Gasteiger partial charge in [-0.05, 0) is 71.5 Å². The summed E-state index contributed by atoms with van der Waals surface area (Å²) in [7, 11) is 0. The molecule has 1 unspecified atom stereocenters. The van der Waals surface area contributed by atoms with Gasteiger partial charge in [0.25, 0.3) is 0 Å². The Balaban J connectivity index is 2.38. The number of benzene rings is 2. The Morgan fingerprint density at radius 1 is 1.19 bits per heavy atom. The van der Waals surface area contributed by atoms with Crippen molar-refractivity contribution in [1.29, 1.82) is 0 Å². The molecule has 0 spiro atoms. The van der Waals surface area contributed by atoms with Gasteiger partial charge < -0.3 is 5.32 Å². The molecule has 21 heavy (non-hydrogen) atoms. The van der Waals surface area contributed by atoms with Crippen LogP contribution in [0.1, 0.15) is 24.1 Å². The standard InChI is InChI=1S/C16H15BrF2IN/c1-2-21-16(12-8-10(17)6-7-15(12)20)9-11-13(18)4-3-5-14(11)19/h3-8,16,21H,2,9H2,1H3. The highest BCUT2D eigenvalue weighted by Gasteiger charge is 2.19. The van der Waals surface area contributed by atoms with Crippen LogP contribution in [0.15, 0.2) is 40.9 Å². The zero-order valence-electron chi connectivity index (χ0n) is 11.5. The molecule has 0 radical (unpaired) electrons. The van der Waals surface area contributed by atoms with Crippen molar-refractivity contribution in [3.63, 3.8) is 0 Å². The number of hydrogen-bond donors (Lipinski definition) is 1. The number of hydrogen-bond acceptors (Lipinski definition) is 1. The molecular weight excluding hydrogens is 451 g/mol. The lowest BCUT2D eigenvalue weighted by molar-refractivity contribution is 0.498. The zero-order chi connectivity index (χ0) is 15.4. The van der Waals surface area contributed by atoms with Crippen LogP contribution in [-0.2, 0) is 6.42 Å². The molecule has 1 nitrogen and oxygen atoms in total. The molecule has 0 fully saturated rings. The fraction of sp³-hybridized carbons (Fsp3) is 0.250. The Hall–Kier alpha value is -0.530. The van der Waals surface area contributed by atoms with Crippen LogP contribution in [0.3, 0.4) is 0 Å². The minimum absolute atomic E-state index is 0.124. The van der Waals surface area contributed by atoms with Crippen molar-refractivity contribution < 1.29 is 8.78 Å². The van der Waals surface area contributed by atoms with Gasteiger partial charge in [0.1, 0.15) is 11.6 Å². The van der Waals surface area contributed by atoms with Crippen molar-refractivity contribution in [3.05, 3.63) is 67.2 Å². The quantitative estimate of drug-likeness (QED) is 0.596. The van der Waals surface area contributed by atoms with Crippen LogP contribution in [0.5, 0.6) is 0 Å². The van der Waals surface area contributed by atoms with E-state index >= 15 is 0 Å². The van der Waals surface area contributed by atoms with Gasteiger partial charge in [0, 0.05) is 19.6 Å². The van der Waals surface area contributed by atoms with Crippen molar-refractivity contribution in [2.45, 2.75) is 19.4 Å². The van der Waals surface area contributed by atoms with Gasteiger partial charge in [-0.3, -0.25) is 0 Å². The summed E-state index contributed by atoms with van der Waals surface area (Å²) in [5.74, 6) is -0.995. The predicted molar refractivity (Wildman–Crippen MR) is 93.3 cm³/mol. The summed E-state index contributed by atoms with van der Waals surface area (Å²) >= 11 is 5.69.